The first-order valence-corrected chi connectivity index (χ1v) is 8.45. The van der Waals surface area contributed by atoms with Gasteiger partial charge in [0.05, 0.1) is 19.8 Å². The van der Waals surface area contributed by atoms with Crippen LogP contribution in [0.2, 0.25) is 0 Å². The summed E-state index contributed by atoms with van der Waals surface area (Å²) in [5, 5.41) is 0.352. The Hall–Kier alpha value is -2.93. The number of hydrogen-bond donors (Lipinski definition) is 0. The molecule has 3 rings (SSSR count). The van der Waals surface area contributed by atoms with Crippen LogP contribution < -0.4 is 9.47 Å². The van der Waals surface area contributed by atoms with E-state index in [0.717, 1.165) is 11.3 Å². The molecule has 0 radical (unpaired) electrons. The van der Waals surface area contributed by atoms with Crippen molar-refractivity contribution in [3.05, 3.63) is 58.7 Å². The van der Waals surface area contributed by atoms with Crippen molar-refractivity contribution in [3.8, 4) is 11.5 Å². The number of carbonyl (C=O) groups is 2. The van der Waals surface area contributed by atoms with E-state index in [1.807, 2.05) is 0 Å². The lowest BCUT2D eigenvalue weighted by molar-refractivity contribution is 0.0479. The Labute approximate surface area is 152 Å². The molecule has 2 aromatic carbocycles. The summed E-state index contributed by atoms with van der Waals surface area (Å²) >= 11 is 1.11. The third-order valence-electron chi connectivity index (χ3n) is 3.75. The van der Waals surface area contributed by atoms with Crippen molar-refractivity contribution in [1.82, 2.24) is 0 Å². The van der Waals surface area contributed by atoms with Crippen molar-refractivity contribution in [1.29, 1.82) is 0 Å². The van der Waals surface area contributed by atoms with Gasteiger partial charge in [0.2, 0.25) is 5.78 Å². The molecule has 0 fully saturated rings. The van der Waals surface area contributed by atoms with Crippen molar-refractivity contribution >= 4 is 33.2 Å². The van der Waals surface area contributed by atoms with Gasteiger partial charge < -0.3 is 14.2 Å². The van der Waals surface area contributed by atoms with Crippen molar-refractivity contribution in [2.24, 2.45) is 0 Å². The molecule has 1 aromatic heterocycles. The summed E-state index contributed by atoms with van der Waals surface area (Å²) in [6.45, 7) is -0.459. The Balaban J connectivity index is 1.74. The van der Waals surface area contributed by atoms with Crippen LogP contribution in [0.25, 0.3) is 10.1 Å². The van der Waals surface area contributed by atoms with E-state index in [4.69, 9.17) is 14.2 Å². The van der Waals surface area contributed by atoms with Crippen molar-refractivity contribution in [3.63, 3.8) is 0 Å². The standard InChI is InChI=1S/C19H15FO5S/c1-23-11-6-7-16(24-2)13(8-11)15(21)10-25-19(22)18-9-12-14(20)4-3-5-17(12)26-18/h3-9H,10H2,1-2H3. The fourth-order valence-electron chi connectivity index (χ4n) is 2.44. The number of thiophene rings is 1. The second kappa shape index (κ2) is 7.53. The number of halogens is 1. The molecule has 3 aromatic rings. The molecule has 0 bridgehead atoms. The Morgan fingerprint density at radius 2 is 1.88 bits per heavy atom. The molecule has 26 heavy (non-hydrogen) atoms. The molecule has 0 saturated heterocycles. The summed E-state index contributed by atoms with van der Waals surface area (Å²) in [5.41, 5.74) is 0.252. The van der Waals surface area contributed by atoms with Gasteiger partial charge in [-0.05, 0) is 36.4 Å². The van der Waals surface area contributed by atoms with Crippen LogP contribution in [0.4, 0.5) is 4.39 Å². The molecule has 5 nitrogen and oxygen atoms in total. The molecular formula is C19H15FO5S. The Morgan fingerprint density at radius 1 is 1.08 bits per heavy atom. The van der Waals surface area contributed by atoms with Gasteiger partial charge in [0.15, 0.2) is 6.61 Å². The second-order valence-corrected chi connectivity index (χ2v) is 6.41. The summed E-state index contributed by atoms with van der Waals surface area (Å²) in [6, 6.07) is 10.8. The third kappa shape index (κ3) is 3.52. The second-order valence-electron chi connectivity index (χ2n) is 5.33. The van der Waals surface area contributed by atoms with Crippen LogP contribution in [-0.2, 0) is 4.74 Å². The molecular weight excluding hydrogens is 359 g/mol. The minimum Gasteiger partial charge on any atom is -0.497 e. The molecule has 134 valence electrons. The van der Waals surface area contributed by atoms with Crippen LogP contribution in [0.1, 0.15) is 20.0 Å². The van der Waals surface area contributed by atoms with Crippen molar-refractivity contribution < 1.29 is 28.2 Å². The molecule has 7 heteroatoms. The quantitative estimate of drug-likeness (QED) is 0.480. The lowest BCUT2D eigenvalue weighted by atomic mass is 10.1. The largest absolute Gasteiger partial charge is 0.497 e. The number of esters is 1. The molecule has 0 aliphatic heterocycles. The Kier molecular flexibility index (Phi) is 5.18. The lowest BCUT2D eigenvalue weighted by Gasteiger charge is -2.09. The van der Waals surface area contributed by atoms with E-state index in [1.54, 1.807) is 24.3 Å². The summed E-state index contributed by atoms with van der Waals surface area (Å²) < 4.78 is 29.7. The molecule has 0 atom stereocenters. The highest BCUT2D eigenvalue weighted by atomic mass is 32.1. The molecule has 0 spiro atoms. The maximum atomic E-state index is 13.7. The first-order valence-electron chi connectivity index (χ1n) is 7.64. The monoisotopic (exact) mass is 374 g/mol. The zero-order chi connectivity index (χ0) is 18.7. The van der Waals surface area contributed by atoms with Gasteiger partial charge in [-0.1, -0.05) is 6.07 Å². The average molecular weight is 374 g/mol. The highest BCUT2D eigenvalue weighted by Crippen LogP contribution is 2.28. The highest BCUT2D eigenvalue weighted by Gasteiger charge is 2.18. The predicted octanol–water partition coefficient (Wildman–Crippen LogP) is 4.10. The van der Waals surface area contributed by atoms with E-state index >= 15 is 0 Å². The lowest BCUT2D eigenvalue weighted by Crippen LogP contribution is -2.14. The van der Waals surface area contributed by atoms with Crippen LogP contribution >= 0.6 is 11.3 Å². The summed E-state index contributed by atoms with van der Waals surface area (Å²) in [6.07, 6.45) is 0. The summed E-state index contributed by atoms with van der Waals surface area (Å²) in [4.78, 5) is 24.8. The Bertz CT molecular complexity index is 979. The normalized spacial score (nSPS) is 10.6. The van der Waals surface area contributed by atoms with Gasteiger partial charge in [-0.15, -0.1) is 11.3 Å². The SMILES string of the molecule is COc1ccc(OC)c(C(=O)COC(=O)c2cc3c(F)cccc3s2)c1. The van der Waals surface area contributed by atoms with Crippen molar-refractivity contribution in [2.45, 2.75) is 0 Å². The van der Waals surface area contributed by atoms with E-state index in [2.05, 4.69) is 0 Å². The van der Waals surface area contributed by atoms with Gasteiger partial charge >= 0.3 is 5.97 Å². The average Bonchev–Trinajstić information content (AvgIpc) is 3.11. The first-order chi connectivity index (χ1) is 12.5. The first kappa shape index (κ1) is 17.9. The van der Waals surface area contributed by atoms with E-state index in [1.165, 1.54) is 32.4 Å². The molecule has 1 heterocycles. The number of fused-ring (bicyclic) bond motifs is 1. The van der Waals surface area contributed by atoms with E-state index in [0.29, 0.717) is 21.6 Å². The van der Waals surface area contributed by atoms with Crippen LogP contribution in [0.3, 0.4) is 0 Å². The van der Waals surface area contributed by atoms with Gasteiger partial charge in [0.1, 0.15) is 22.2 Å². The van der Waals surface area contributed by atoms with Crippen LogP contribution in [0, 0.1) is 5.82 Å². The number of ketones is 1. The van der Waals surface area contributed by atoms with Crippen LogP contribution in [0.15, 0.2) is 42.5 Å². The minimum atomic E-state index is -0.680. The number of rotatable bonds is 6. The van der Waals surface area contributed by atoms with Gasteiger partial charge in [0.25, 0.3) is 0 Å². The highest BCUT2D eigenvalue weighted by molar-refractivity contribution is 7.20. The number of Topliss-reactive ketones (excluding diaryl/α,β-unsaturated/α-hetero) is 1. The van der Waals surface area contributed by atoms with Crippen LogP contribution in [0.5, 0.6) is 11.5 Å². The fraction of sp³-hybridized carbons (Fsp3) is 0.158. The van der Waals surface area contributed by atoms with Gasteiger partial charge in [-0.3, -0.25) is 4.79 Å². The number of benzene rings is 2. The number of hydrogen-bond acceptors (Lipinski definition) is 6. The molecule has 0 amide bonds. The summed E-state index contributed by atoms with van der Waals surface area (Å²) in [5.74, 6) is -0.673. The van der Waals surface area contributed by atoms with Gasteiger partial charge in [-0.2, -0.15) is 0 Å². The molecule has 0 aliphatic carbocycles. The maximum Gasteiger partial charge on any atom is 0.348 e. The third-order valence-corrected chi connectivity index (χ3v) is 4.83. The van der Waals surface area contributed by atoms with E-state index in [9.17, 15) is 14.0 Å². The molecule has 0 aliphatic rings. The summed E-state index contributed by atoms with van der Waals surface area (Å²) in [7, 11) is 2.92. The maximum absolute atomic E-state index is 13.7. The predicted molar refractivity (Wildman–Crippen MR) is 95.9 cm³/mol. The van der Waals surface area contributed by atoms with Gasteiger partial charge in [0, 0.05) is 10.1 Å². The van der Waals surface area contributed by atoms with Crippen molar-refractivity contribution in [2.75, 3.05) is 20.8 Å². The zero-order valence-corrected chi connectivity index (χ0v) is 14.9. The number of carbonyl (C=O) groups excluding carboxylic acids is 2. The fourth-order valence-corrected chi connectivity index (χ4v) is 3.41. The molecule has 0 saturated carbocycles. The molecule has 0 unspecified atom stereocenters. The number of methoxy groups -OCH3 is 2. The smallest absolute Gasteiger partial charge is 0.348 e. The van der Waals surface area contributed by atoms with Crippen LogP contribution in [-0.4, -0.2) is 32.6 Å². The Morgan fingerprint density at radius 3 is 2.58 bits per heavy atom. The zero-order valence-electron chi connectivity index (χ0n) is 14.1. The molecule has 0 N–H and O–H groups in total. The van der Waals surface area contributed by atoms with Gasteiger partial charge in [-0.25, -0.2) is 9.18 Å². The van der Waals surface area contributed by atoms with E-state index in [-0.39, 0.29) is 10.4 Å². The number of ether oxygens (including phenoxy) is 3. The minimum absolute atomic E-state index is 0.232. The van der Waals surface area contributed by atoms with E-state index < -0.39 is 24.2 Å². The topological polar surface area (TPSA) is 61.8 Å².